The maximum atomic E-state index is 12.2. The summed E-state index contributed by atoms with van der Waals surface area (Å²) in [5.74, 6) is -0.466. The molecule has 0 aromatic rings. The number of hydrogen-bond acceptors (Lipinski definition) is 7. The largest absolute Gasteiger partial charge is 0.604 e. The molecule has 0 spiro atoms. The Bertz CT molecular complexity index is 350. The molecule has 2 atom stereocenters. The van der Waals surface area contributed by atoms with Gasteiger partial charge in [-0.05, 0) is 33.6 Å². The van der Waals surface area contributed by atoms with Crippen molar-refractivity contribution in [3.63, 3.8) is 0 Å². The van der Waals surface area contributed by atoms with E-state index in [4.69, 9.17) is 23.7 Å². The minimum absolute atomic E-state index is 0.430. The molecule has 8 heteroatoms. The lowest BCUT2D eigenvalue weighted by atomic mass is 10.1. The lowest BCUT2D eigenvalue weighted by Gasteiger charge is -2.39. The summed E-state index contributed by atoms with van der Waals surface area (Å²) in [6.07, 6.45) is 0.595. The maximum Gasteiger partial charge on any atom is 0.604 e. The first-order valence-corrected chi connectivity index (χ1v) is 8.39. The molecule has 2 saturated heterocycles. The average Bonchev–Trinajstić information content (AvgIpc) is 2.70. The van der Waals surface area contributed by atoms with E-state index in [1.54, 1.807) is 11.5 Å². The summed E-state index contributed by atoms with van der Waals surface area (Å²) in [6, 6.07) is 0. The lowest BCUT2D eigenvalue weighted by molar-refractivity contribution is -0.168. The summed E-state index contributed by atoms with van der Waals surface area (Å²) in [5, 5.41) is 0. The fourth-order valence-corrected chi connectivity index (χ4v) is 5.59. The quantitative estimate of drug-likeness (QED) is 0.583. The Morgan fingerprint density at radius 1 is 1.47 bits per heavy atom. The van der Waals surface area contributed by atoms with Gasteiger partial charge in [0.25, 0.3) is 0 Å². The topological polar surface area (TPSA) is 83.2 Å². The zero-order valence-corrected chi connectivity index (χ0v) is 12.7. The number of esters is 1. The van der Waals surface area contributed by atoms with Crippen molar-refractivity contribution in [3.8, 4) is 0 Å². The molecule has 0 radical (unpaired) electrons. The average molecular weight is 290 g/mol. The summed E-state index contributed by atoms with van der Waals surface area (Å²) in [7, 11) is -3.18. The molecule has 2 N–H and O–H groups in total. The standard InChI is InChI=1S/C11H22N2O5Si/c1-4-15-19(16-5-2)13-8-6-7-11(13,12)10(14)17-9(3)18-19/h9H,4-8,12H2,1-3H3. The van der Waals surface area contributed by atoms with Crippen molar-refractivity contribution in [1.29, 1.82) is 0 Å². The molecule has 0 aromatic heterocycles. The number of carbonyl (C=O) groups excluding carboxylic acids is 1. The van der Waals surface area contributed by atoms with Crippen molar-refractivity contribution in [3.05, 3.63) is 0 Å². The molecular formula is C11H22N2O5Si. The summed E-state index contributed by atoms with van der Waals surface area (Å²) in [6.45, 7) is 6.86. The van der Waals surface area contributed by atoms with Crippen LogP contribution in [0.3, 0.4) is 0 Å². The summed E-state index contributed by atoms with van der Waals surface area (Å²) < 4.78 is 24.4. The summed E-state index contributed by atoms with van der Waals surface area (Å²) >= 11 is 0. The normalized spacial score (nSPS) is 34.7. The molecule has 2 aliphatic rings. The molecule has 110 valence electrons. The molecule has 0 aromatic carbocycles. The predicted molar refractivity (Wildman–Crippen MR) is 68.5 cm³/mol. The highest BCUT2D eigenvalue weighted by Crippen LogP contribution is 2.36. The second-order valence-electron chi connectivity index (χ2n) is 4.66. The first-order chi connectivity index (χ1) is 8.98. The first kappa shape index (κ1) is 14.9. The highest BCUT2D eigenvalue weighted by molar-refractivity contribution is 6.58. The van der Waals surface area contributed by atoms with Gasteiger partial charge in [0.15, 0.2) is 12.0 Å². The Morgan fingerprint density at radius 3 is 2.68 bits per heavy atom. The fraction of sp³-hybridized carbons (Fsp3) is 0.909. The molecule has 2 fully saturated rings. The van der Waals surface area contributed by atoms with Crippen LogP contribution >= 0.6 is 0 Å². The van der Waals surface area contributed by atoms with Crippen LogP contribution < -0.4 is 5.73 Å². The minimum atomic E-state index is -3.18. The van der Waals surface area contributed by atoms with Crippen molar-refractivity contribution in [2.75, 3.05) is 19.8 Å². The minimum Gasteiger partial charge on any atom is -0.435 e. The third-order valence-corrected chi connectivity index (χ3v) is 6.57. The molecular weight excluding hydrogens is 268 g/mol. The second-order valence-corrected chi connectivity index (χ2v) is 7.06. The zero-order valence-electron chi connectivity index (χ0n) is 11.7. The highest BCUT2D eigenvalue weighted by Gasteiger charge is 2.64. The number of ether oxygens (including phenoxy) is 1. The van der Waals surface area contributed by atoms with Gasteiger partial charge in [-0.1, -0.05) is 0 Å². The Morgan fingerprint density at radius 2 is 2.11 bits per heavy atom. The van der Waals surface area contributed by atoms with Gasteiger partial charge in [-0.25, -0.2) is 9.36 Å². The van der Waals surface area contributed by atoms with Crippen LogP contribution in [0.25, 0.3) is 0 Å². The number of fused-ring (bicyclic) bond motifs is 1. The number of carbonyl (C=O) groups is 1. The van der Waals surface area contributed by atoms with Gasteiger partial charge < -0.3 is 23.7 Å². The van der Waals surface area contributed by atoms with E-state index in [2.05, 4.69) is 0 Å². The first-order valence-electron chi connectivity index (χ1n) is 6.72. The maximum absolute atomic E-state index is 12.2. The van der Waals surface area contributed by atoms with Crippen LogP contribution in [0.5, 0.6) is 0 Å². The lowest BCUT2D eigenvalue weighted by Crippen LogP contribution is -2.70. The Hall–Kier alpha value is -0.513. The van der Waals surface area contributed by atoms with Crippen LogP contribution in [-0.4, -0.2) is 51.2 Å². The van der Waals surface area contributed by atoms with E-state index in [0.29, 0.717) is 26.2 Å². The van der Waals surface area contributed by atoms with Crippen LogP contribution in [0.2, 0.25) is 0 Å². The van der Waals surface area contributed by atoms with E-state index >= 15 is 0 Å². The molecule has 0 bridgehead atoms. The van der Waals surface area contributed by atoms with Crippen molar-refractivity contribution in [2.24, 2.45) is 5.73 Å². The third kappa shape index (κ3) is 2.44. The number of rotatable bonds is 4. The highest BCUT2D eigenvalue weighted by atomic mass is 28.4. The molecule has 2 heterocycles. The van der Waals surface area contributed by atoms with E-state index in [1.807, 2.05) is 13.8 Å². The van der Waals surface area contributed by atoms with Crippen molar-refractivity contribution in [2.45, 2.75) is 45.6 Å². The third-order valence-electron chi connectivity index (χ3n) is 3.35. The van der Waals surface area contributed by atoms with Crippen molar-refractivity contribution < 1.29 is 22.8 Å². The molecule has 0 aliphatic carbocycles. The van der Waals surface area contributed by atoms with E-state index in [-0.39, 0.29) is 0 Å². The molecule has 0 saturated carbocycles. The van der Waals surface area contributed by atoms with Crippen LogP contribution in [0.15, 0.2) is 0 Å². The number of nitrogens with two attached hydrogens (primary N) is 1. The van der Waals surface area contributed by atoms with Crippen molar-refractivity contribution in [1.82, 2.24) is 4.57 Å². The van der Waals surface area contributed by atoms with Crippen LogP contribution in [0.1, 0.15) is 33.6 Å². The molecule has 2 unspecified atom stereocenters. The smallest absolute Gasteiger partial charge is 0.435 e. The van der Waals surface area contributed by atoms with Gasteiger partial charge in [0.1, 0.15) is 0 Å². The second kappa shape index (κ2) is 5.47. The van der Waals surface area contributed by atoms with Crippen LogP contribution in [0.4, 0.5) is 0 Å². The van der Waals surface area contributed by atoms with E-state index in [9.17, 15) is 4.79 Å². The molecule has 2 aliphatic heterocycles. The Balaban J connectivity index is 2.41. The summed E-state index contributed by atoms with van der Waals surface area (Å²) in [4.78, 5) is 12.2. The predicted octanol–water partition coefficient (Wildman–Crippen LogP) is 0.165. The van der Waals surface area contributed by atoms with Gasteiger partial charge in [0.2, 0.25) is 0 Å². The monoisotopic (exact) mass is 290 g/mol. The van der Waals surface area contributed by atoms with E-state index < -0.39 is 26.9 Å². The van der Waals surface area contributed by atoms with Gasteiger partial charge in [-0.15, -0.1) is 0 Å². The number of cyclic esters (lactones) is 1. The Labute approximate surface area is 114 Å². The van der Waals surface area contributed by atoms with Gasteiger partial charge in [-0.3, -0.25) is 0 Å². The Kier molecular flexibility index (Phi) is 4.28. The van der Waals surface area contributed by atoms with Crippen LogP contribution in [0, 0.1) is 0 Å². The molecule has 19 heavy (non-hydrogen) atoms. The van der Waals surface area contributed by atoms with Gasteiger partial charge in [-0.2, -0.15) is 0 Å². The SMILES string of the molecule is CCO[Si]1(OCC)OC(C)OC(=O)C2(N)CCCN21. The van der Waals surface area contributed by atoms with Crippen LogP contribution in [-0.2, 0) is 22.8 Å². The van der Waals surface area contributed by atoms with E-state index in [0.717, 1.165) is 6.42 Å². The van der Waals surface area contributed by atoms with E-state index in [1.165, 1.54) is 0 Å². The number of nitrogens with zero attached hydrogens (tertiary/aromatic N) is 1. The zero-order chi connectivity index (χ0) is 14.1. The molecule has 7 nitrogen and oxygen atoms in total. The van der Waals surface area contributed by atoms with Gasteiger partial charge in [0, 0.05) is 19.8 Å². The summed E-state index contributed by atoms with van der Waals surface area (Å²) in [5.41, 5.74) is 5.06. The number of hydrogen-bond donors (Lipinski definition) is 1. The fourth-order valence-electron chi connectivity index (χ4n) is 2.62. The van der Waals surface area contributed by atoms with Gasteiger partial charge >= 0.3 is 14.9 Å². The molecule has 0 amide bonds. The van der Waals surface area contributed by atoms with Crippen molar-refractivity contribution >= 4 is 14.9 Å². The molecule has 2 rings (SSSR count). The van der Waals surface area contributed by atoms with Gasteiger partial charge in [0.05, 0.1) is 0 Å².